The minimum atomic E-state index is -0.314. The van der Waals surface area contributed by atoms with Crippen molar-refractivity contribution >= 4 is 28.8 Å². The highest BCUT2D eigenvalue weighted by Crippen LogP contribution is 2.34. The van der Waals surface area contributed by atoms with Crippen LogP contribution in [0.1, 0.15) is 29.6 Å². The van der Waals surface area contributed by atoms with Crippen molar-refractivity contribution in [1.82, 2.24) is 15.0 Å². The maximum absolute atomic E-state index is 12.4. The van der Waals surface area contributed by atoms with E-state index in [2.05, 4.69) is 10.3 Å². The number of nitrogens with zero attached hydrogens (tertiary/aromatic N) is 3. The Hall–Kier alpha value is -3.30. The fourth-order valence-electron chi connectivity index (χ4n) is 3.24. The molecule has 0 unspecified atom stereocenters. The molecule has 2 aromatic heterocycles. The number of hydrogen-bond donors (Lipinski definition) is 1. The van der Waals surface area contributed by atoms with Crippen LogP contribution >= 0.6 is 11.3 Å². The summed E-state index contributed by atoms with van der Waals surface area (Å²) in [6.45, 7) is 0. The van der Waals surface area contributed by atoms with Crippen molar-refractivity contribution < 1.29 is 19.2 Å². The number of amides is 2. The second-order valence-corrected chi connectivity index (χ2v) is 8.50. The molecule has 0 aliphatic heterocycles. The molecule has 9 heteroatoms. The number of thiophene rings is 1. The van der Waals surface area contributed by atoms with E-state index in [4.69, 9.17) is 14.6 Å². The Morgan fingerprint density at radius 2 is 1.97 bits per heavy atom. The molecule has 32 heavy (non-hydrogen) atoms. The van der Waals surface area contributed by atoms with Crippen molar-refractivity contribution in [3.05, 3.63) is 47.6 Å². The van der Waals surface area contributed by atoms with Gasteiger partial charge in [-0.3, -0.25) is 19.4 Å². The van der Waals surface area contributed by atoms with Crippen LogP contribution in [0, 0.1) is 5.92 Å². The van der Waals surface area contributed by atoms with Crippen LogP contribution in [0.4, 0.5) is 5.69 Å². The number of benzene rings is 1. The van der Waals surface area contributed by atoms with Gasteiger partial charge in [0.1, 0.15) is 5.75 Å². The van der Waals surface area contributed by atoms with Gasteiger partial charge in [-0.25, -0.2) is 10.0 Å². The van der Waals surface area contributed by atoms with Crippen molar-refractivity contribution in [2.45, 2.75) is 19.3 Å². The number of hydroxylamine groups is 2. The highest BCUT2D eigenvalue weighted by molar-refractivity contribution is 7.14. The van der Waals surface area contributed by atoms with Crippen LogP contribution in [0.25, 0.3) is 21.8 Å². The third-order valence-corrected chi connectivity index (χ3v) is 6.18. The van der Waals surface area contributed by atoms with Crippen LogP contribution < -0.4 is 10.1 Å². The number of carbonyl (C=O) groups is 2. The molecule has 1 aromatic carbocycles. The molecule has 4 rings (SSSR count). The Kier molecular flexibility index (Phi) is 6.48. The predicted molar refractivity (Wildman–Crippen MR) is 122 cm³/mol. The van der Waals surface area contributed by atoms with Crippen molar-refractivity contribution in [1.29, 1.82) is 0 Å². The molecular formula is C23H24N4O4S. The molecule has 3 aromatic rings. The lowest BCUT2D eigenvalue weighted by molar-refractivity contribution is -0.116. The molecular weight excluding hydrogens is 428 g/mol. The van der Waals surface area contributed by atoms with Gasteiger partial charge in [-0.05, 0) is 37.0 Å². The van der Waals surface area contributed by atoms with Crippen molar-refractivity contribution in [2.24, 2.45) is 5.92 Å². The van der Waals surface area contributed by atoms with Gasteiger partial charge in [-0.2, -0.15) is 0 Å². The summed E-state index contributed by atoms with van der Waals surface area (Å²) in [5, 5.41) is 6.00. The van der Waals surface area contributed by atoms with Gasteiger partial charge in [0.2, 0.25) is 5.91 Å². The minimum absolute atomic E-state index is 0.0533. The van der Waals surface area contributed by atoms with E-state index in [9.17, 15) is 9.59 Å². The molecule has 0 spiro atoms. The lowest BCUT2D eigenvalue weighted by Gasteiger charge is -2.16. The summed E-state index contributed by atoms with van der Waals surface area (Å²) >= 11 is 1.50. The summed E-state index contributed by atoms with van der Waals surface area (Å²) in [6, 6.07) is 7.14. The lowest BCUT2D eigenvalue weighted by atomic mass is 10.1. The lowest BCUT2D eigenvalue weighted by Crippen LogP contribution is -2.25. The number of methoxy groups -OCH3 is 1. The van der Waals surface area contributed by atoms with Gasteiger partial charge >= 0.3 is 0 Å². The second-order valence-electron chi connectivity index (χ2n) is 7.59. The van der Waals surface area contributed by atoms with Crippen molar-refractivity contribution in [2.75, 3.05) is 26.6 Å². The van der Waals surface area contributed by atoms with Crippen LogP contribution in [-0.2, 0) is 9.63 Å². The van der Waals surface area contributed by atoms with Crippen LogP contribution in [0.3, 0.4) is 0 Å². The third kappa shape index (κ3) is 4.95. The van der Waals surface area contributed by atoms with Gasteiger partial charge < -0.3 is 10.1 Å². The van der Waals surface area contributed by atoms with Gasteiger partial charge in [0, 0.05) is 24.4 Å². The average Bonchev–Trinajstić information content (AvgIpc) is 3.51. The maximum Gasteiger partial charge on any atom is 0.280 e. The molecule has 0 radical (unpaired) electrons. The Morgan fingerprint density at radius 3 is 2.69 bits per heavy atom. The first kappa shape index (κ1) is 21.9. The summed E-state index contributed by atoms with van der Waals surface area (Å²) in [5.41, 5.74) is 3.27. The van der Waals surface area contributed by atoms with E-state index in [0.717, 1.165) is 34.0 Å². The molecule has 1 saturated carbocycles. The molecule has 0 atom stereocenters. The van der Waals surface area contributed by atoms with Crippen molar-refractivity contribution in [3.63, 3.8) is 0 Å². The Bertz CT molecular complexity index is 1140. The van der Waals surface area contributed by atoms with Gasteiger partial charge in [0.05, 0.1) is 54.1 Å². The molecule has 1 fully saturated rings. The molecule has 2 heterocycles. The molecule has 0 saturated heterocycles. The van der Waals surface area contributed by atoms with E-state index in [-0.39, 0.29) is 11.8 Å². The number of anilines is 1. The topological polar surface area (TPSA) is 93.7 Å². The zero-order valence-corrected chi connectivity index (χ0v) is 18.9. The Morgan fingerprint density at radius 1 is 1.19 bits per heavy atom. The number of nitrogens with one attached hydrogen (secondary N) is 1. The standard InChI is InChI=1S/C23H24N4O4S/c1-27(31-3)23(29)17-7-6-15(9-20(17)30-2)18-11-24-12-19(26-18)21-10-16(13-32-21)25-22(28)8-14-4-5-14/h6-7,9-14H,4-5,8H2,1-3H3,(H,25,28). The summed E-state index contributed by atoms with van der Waals surface area (Å²) in [7, 11) is 4.47. The normalized spacial score (nSPS) is 13.0. The van der Waals surface area contributed by atoms with E-state index in [1.807, 2.05) is 11.4 Å². The quantitative estimate of drug-likeness (QED) is 0.514. The number of rotatable bonds is 8. The fraction of sp³-hybridized carbons (Fsp3) is 0.304. The summed E-state index contributed by atoms with van der Waals surface area (Å²) in [5.74, 6) is 0.702. The highest BCUT2D eigenvalue weighted by atomic mass is 32.1. The zero-order chi connectivity index (χ0) is 22.7. The number of carbonyl (C=O) groups excluding carboxylic acids is 2. The first-order chi connectivity index (χ1) is 15.5. The molecule has 0 bridgehead atoms. The zero-order valence-electron chi connectivity index (χ0n) is 18.1. The molecule has 1 aliphatic rings. The van der Waals surface area contributed by atoms with E-state index in [1.165, 1.54) is 32.6 Å². The van der Waals surface area contributed by atoms with Gasteiger partial charge in [0.25, 0.3) is 5.91 Å². The number of aromatic nitrogens is 2. The molecule has 1 aliphatic carbocycles. The molecule has 2 amide bonds. The van der Waals surface area contributed by atoms with Crippen LogP contribution in [0.5, 0.6) is 5.75 Å². The first-order valence-electron chi connectivity index (χ1n) is 10.2. The third-order valence-electron chi connectivity index (χ3n) is 5.23. The molecule has 1 N–H and O–H groups in total. The summed E-state index contributed by atoms with van der Waals surface area (Å²) in [6.07, 6.45) is 6.23. The van der Waals surface area contributed by atoms with E-state index in [0.29, 0.717) is 35.0 Å². The van der Waals surface area contributed by atoms with E-state index >= 15 is 0 Å². The minimum Gasteiger partial charge on any atom is -0.496 e. The van der Waals surface area contributed by atoms with Crippen LogP contribution in [0.2, 0.25) is 0 Å². The van der Waals surface area contributed by atoms with Gasteiger partial charge in [0.15, 0.2) is 0 Å². The van der Waals surface area contributed by atoms with E-state index < -0.39 is 0 Å². The predicted octanol–water partition coefficient (Wildman–Crippen LogP) is 4.25. The maximum atomic E-state index is 12.4. The summed E-state index contributed by atoms with van der Waals surface area (Å²) < 4.78 is 5.42. The first-order valence-corrected chi connectivity index (χ1v) is 11.1. The number of hydrogen-bond acceptors (Lipinski definition) is 7. The monoisotopic (exact) mass is 452 g/mol. The Balaban J connectivity index is 1.55. The van der Waals surface area contributed by atoms with Gasteiger partial charge in [-0.15, -0.1) is 11.3 Å². The molecule has 166 valence electrons. The Labute approximate surface area is 190 Å². The smallest absolute Gasteiger partial charge is 0.280 e. The van der Waals surface area contributed by atoms with Crippen molar-refractivity contribution in [3.8, 4) is 27.6 Å². The van der Waals surface area contributed by atoms with Crippen LogP contribution in [0.15, 0.2) is 42.0 Å². The number of ether oxygens (including phenoxy) is 1. The largest absolute Gasteiger partial charge is 0.496 e. The average molecular weight is 453 g/mol. The SMILES string of the molecule is COc1cc(-c2cncc(-c3cc(NC(=O)CC4CC4)cs3)n2)ccc1C(=O)N(C)OC. The highest BCUT2D eigenvalue weighted by Gasteiger charge is 2.24. The van der Waals surface area contributed by atoms with Crippen LogP contribution in [-0.4, -0.2) is 48.1 Å². The molecule has 8 nitrogen and oxygen atoms in total. The van der Waals surface area contributed by atoms with Gasteiger partial charge in [-0.1, -0.05) is 6.07 Å². The fourth-order valence-corrected chi connectivity index (χ4v) is 4.03. The van der Waals surface area contributed by atoms with E-state index in [1.54, 1.807) is 30.6 Å². The summed E-state index contributed by atoms with van der Waals surface area (Å²) in [4.78, 5) is 39.4. The second kappa shape index (κ2) is 9.46.